The molecule has 0 unspecified atom stereocenters. The molecule has 1 aromatic heterocycles. The van der Waals surface area contributed by atoms with E-state index in [1.165, 1.54) is 24.8 Å². The maximum Gasteiger partial charge on any atom is 0.156 e. The summed E-state index contributed by atoms with van der Waals surface area (Å²) >= 11 is 6.07. The van der Waals surface area contributed by atoms with Gasteiger partial charge >= 0.3 is 0 Å². The van der Waals surface area contributed by atoms with Gasteiger partial charge in [0.25, 0.3) is 0 Å². The predicted molar refractivity (Wildman–Crippen MR) is 79.8 cm³/mol. The molecule has 0 saturated heterocycles. The van der Waals surface area contributed by atoms with Crippen LogP contribution in [0.5, 0.6) is 0 Å². The number of benzene rings is 1. The highest BCUT2D eigenvalue weighted by atomic mass is 35.5. The Balaban J connectivity index is 1.95. The number of ether oxygens (including phenoxy) is 1. The van der Waals surface area contributed by atoms with Crippen molar-refractivity contribution in [1.29, 1.82) is 0 Å². The molecule has 0 aliphatic heterocycles. The lowest BCUT2D eigenvalue weighted by Crippen LogP contribution is -2.08. The number of methoxy groups -OCH3 is 1. The van der Waals surface area contributed by atoms with Crippen LogP contribution in [0.4, 0.5) is 0 Å². The topological polar surface area (TPSA) is 35.0 Å². The summed E-state index contributed by atoms with van der Waals surface area (Å²) in [5.74, 6) is 1.33. The van der Waals surface area contributed by atoms with Crippen LogP contribution < -0.4 is 0 Å². The average Bonchev–Trinajstić information content (AvgIpc) is 2.37. The largest absolute Gasteiger partial charge is 0.377 e. The zero-order chi connectivity index (χ0) is 13.9. The number of nitrogens with zero attached hydrogens (tertiary/aromatic N) is 2. The van der Waals surface area contributed by atoms with E-state index in [-0.39, 0.29) is 0 Å². The van der Waals surface area contributed by atoms with E-state index >= 15 is 0 Å². The standard InChI is InChI=1S/C16H17ClN2O/c1-20-10-16-18-14(9-15(17)19-16)13-7-3-6-12(8-13)11-4-2-5-11/h3,6-9,11H,2,4-5,10H2,1H3. The molecule has 4 heteroatoms. The average molecular weight is 289 g/mol. The predicted octanol–water partition coefficient (Wildman–Crippen LogP) is 4.21. The third-order valence-corrected chi connectivity index (χ3v) is 3.97. The van der Waals surface area contributed by atoms with E-state index in [0.29, 0.717) is 23.5 Å². The molecule has 0 atom stereocenters. The summed E-state index contributed by atoms with van der Waals surface area (Å²) in [4.78, 5) is 8.68. The Morgan fingerprint density at radius 1 is 1.25 bits per heavy atom. The van der Waals surface area contributed by atoms with Crippen LogP contribution >= 0.6 is 11.6 Å². The van der Waals surface area contributed by atoms with E-state index in [0.717, 1.165) is 11.3 Å². The smallest absolute Gasteiger partial charge is 0.156 e. The molecule has 0 N–H and O–H groups in total. The Bertz CT molecular complexity index is 611. The van der Waals surface area contributed by atoms with Gasteiger partial charge in [0.1, 0.15) is 11.8 Å². The molecule has 1 saturated carbocycles. The van der Waals surface area contributed by atoms with E-state index in [4.69, 9.17) is 16.3 Å². The monoisotopic (exact) mass is 288 g/mol. The van der Waals surface area contributed by atoms with Gasteiger partial charge in [-0.1, -0.05) is 36.2 Å². The summed E-state index contributed by atoms with van der Waals surface area (Å²) in [6, 6.07) is 10.4. The van der Waals surface area contributed by atoms with E-state index in [1.54, 1.807) is 13.2 Å². The van der Waals surface area contributed by atoms with Crippen molar-refractivity contribution in [2.24, 2.45) is 0 Å². The van der Waals surface area contributed by atoms with Crippen molar-refractivity contribution in [2.75, 3.05) is 7.11 Å². The molecule has 0 bridgehead atoms. The van der Waals surface area contributed by atoms with E-state index in [1.807, 2.05) is 0 Å². The van der Waals surface area contributed by atoms with Gasteiger partial charge in [0.2, 0.25) is 0 Å². The van der Waals surface area contributed by atoms with Gasteiger partial charge < -0.3 is 4.74 Å². The number of aromatic nitrogens is 2. The van der Waals surface area contributed by atoms with Gasteiger partial charge in [-0.15, -0.1) is 0 Å². The van der Waals surface area contributed by atoms with Gasteiger partial charge in [-0.3, -0.25) is 0 Å². The Morgan fingerprint density at radius 3 is 2.80 bits per heavy atom. The molecule has 104 valence electrons. The maximum absolute atomic E-state index is 6.07. The minimum atomic E-state index is 0.371. The zero-order valence-corrected chi connectivity index (χ0v) is 12.2. The van der Waals surface area contributed by atoms with Crippen LogP contribution in [0.25, 0.3) is 11.3 Å². The molecule has 0 spiro atoms. The second-order valence-corrected chi connectivity index (χ2v) is 5.57. The van der Waals surface area contributed by atoms with Gasteiger partial charge in [0, 0.05) is 18.7 Å². The quantitative estimate of drug-likeness (QED) is 0.791. The van der Waals surface area contributed by atoms with Crippen LogP contribution in [0.2, 0.25) is 5.15 Å². The highest BCUT2D eigenvalue weighted by Crippen LogP contribution is 2.37. The Morgan fingerprint density at radius 2 is 2.10 bits per heavy atom. The van der Waals surface area contributed by atoms with E-state index < -0.39 is 0 Å². The Labute approximate surface area is 124 Å². The fraction of sp³-hybridized carbons (Fsp3) is 0.375. The zero-order valence-electron chi connectivity index (χ0n) is 11.5. The molecule has 1 heterocycles. The number of halogens is 1. The summed E-state index contributed by atoms with van der Waals surface area (Å²) < 4.78 is 5.08. The second-order valence-electron chi connectivity index (χ2n) is 5.18. The normalized spacial score (nSPS) is 15.1. The maximum atomic E-state index is 6.07. The lowest BCUT2D eigenvalue weighted by atomic mass is 9.79. The van der Waals surface area contributed by atoms with Crippen molar-refractivity contribution in [3.63, 3.8) is 0 Å². The molecule has 1 aliphatic carbocycles. The van der Waals surface area contributed by atoms with Crippen molar-refractivity contribution in [1.82, 2.24) is 9.97 Å². The van der Waals surface area contributed by atoms with Gasteiger partial charge in [0.05, 0.1) is 5.69 Å². The first-order chi connectivity index (χ1) is 9.76. The van der Waals surface area contributed by atoms with Crippen LogP contribution in [0.3, 0.4) is 0 Å². The van der Waals surface area contributed by atoms with Crippen molar-refractivity contribution in [3.05, 3.63) is 46.9 Å². The first kappa shape index (κ1) is 13.5. The SMILES string of the molecule is COCc1nc(Cl)cc(-c2cccc(C3CCC3)c2)n1. The first-order valence-corrected chi connectivity index (χ1v) is 7.27. The molecule has 1 aromatic carbocycles. The molecule has 3 nitrogen and oxygen atoms in total. The van der Waals surface area contributed by atoms with Crippen molar-refractivity contribution >= 4 is 11.6 Å². The third kappa shape index (κ3) is 2.84. The molecular formula is C16H17ClN2O. The molecule has 1 fully saturated rings. The lowest BCUT2D eigenvalue weighted by molar-refractivity contribution is 0.178. The van der Waals surface area contributed by atoms with Crippen molar-refractivity contribution in [3.8, 4) is 11.3 Å². The molecule has 3 rings (SSSR count). The molecule has 2 aromatic rings. The molecule has 20 heavy (non-hydrogen) atoms. The van der Waals surface area contributed by atoms with Gasteiger partial charge in [0.15, 0.2) is 5.82 Å². The third-order valence-electron chi connectivity index (χ3n) is 3.77. The highest BCUT2D eigenvalue weighted by molar-refractivity contribution is 6.29. The summed E-state index contributed by atoms with van der Waals surface area (Å²) in [5, 5.41) is 0.455. The van der Waals surface area contributed by atoms with Gasteiger partial charge in [-0.05, 0) is 30.4 Å². The van der Waals surface area contributed by atoms with Crippen LogP contribution in [0.15, 0.2) is 30.3 Å². The molecule has 1 aliphatic rings. The summed E-state index contributed by atoms with van der Waals surface area (Å²) in [5.41, 5.74) is 3.35. The van der Waals surface area contributed by atoms with E-state index in [9.17, 15) is 0 Å². The van der Waals surface area contributed by atoms with Crippen molar-refractivity contribution < 1.29 is 4.74 Å². The summed E-state index contributed by atoms with van der Waals surface area (Å²) in [6.45, 7) is 0.371. The lowest BCUT2D eigenvalue weighted by Gasteiger charge is -2.26. The highest BCUT2D eigenvalue weighted by Gasteiger charge is 2.19. The Hall–Kier alpha value is -1.45. The van der Waals surface area contributed by atoms with Crippen LogP contribution in [0.1, 0.15) is 36.6 Å². The van der Waals surface area contributed by atoms with Crippen molar-refractivity contribution in [2.45, 2.75) is 31.8 Å². The summed E-state index contributed by atoms with van der Waals surface area (Å²) in [6.07, 6.45) is 3.93. The number of hydrogen-bond acceptors (Lipinski definition) is 3. The Kier molecular flexibility index (Phi) is 3.99. The minimum absolute atomic E-state index is 0.371. The van der Waals surface area contributed by atoms with Crippen LogP contribution in [-0.4, -0.2) is 17.1 Å². The van der Waals surface area contributed by atoms with E-state index in [2.05, 4.69) is 34.2 Å². The fourth-order valence-electron chi connectivity index (χ4n) is 2.50. The number of rotatable bonds is 4. The van der Waals surface area contributed by atoms with Gasteiger partial charge in [-0.2, -0.15) is 0 Å². The molecule has 0 amide bonds. The van der Waals surface area contributed by atoms with Crippen LogP contribution in [-0.2, 0) is 11.3 Å². The first-order valence-electron chi connectivity index (χ1n) is 6.89. The molecular weight excluding hydrogens is 272 g/mol. The van der Waals surface area contributed by atoms with Crippen LogP contribution in [0, 0.1) is 0 Å². The van der Waals surface area contributed by atoms with Gasteiger partial charge in [-0.25, -0.2) is 9.97 Å². The summed E-state index contributed by atoms with van der Waals surface area (Å²) in [7, 11) is 1.63. The molecule has 0 radical (unpaired) electrons. The number of hydrogen-bond donors (Lipinski definition) is 0. The second kappa shape index (κ2) is 5.90. The minimum Gasteiger partial charge on any atom is -0.377 e. The fourth-order valence-corrected chi connectivity index (χ4v) is 2.70.